The molecule has 2 aliphatic heterocycles. The molecule has 1 amide bonds. The van der Waals surface area contributed by atoms with Gasteiger partial charge in [0.2, 0.25) is 15.9 Å². The van der Waals surface area contributed by atoms with Crippen molar-refractivity contribution in [1.82, 2.24) is 14.5 Å². The van der Waals surface area contributed by atoms with Crippen molar-refractivity contribution in [1.29, 1.82) is 0 Å². The van der Waals surface area contributed by atoms with Crippen LogP contribution in [0.15, 0.2) is 59.5 Å². The molecule has 2 saturated heterocycles. The number of likely N-dealkylation sites (tertiary alicyclic amines) is 1. The molecule has 2 heterocycles. The number of nitrogens with zero attached hydrogens (tertiary/aromatic N) is 2. The van der Waals surface area contributed by atoms with Gasteiger partial charge in [-0.05, 0) is 68.6 Å². The van der Waals surface area contributed by atoms with Gasteiger partial charge in [-0.1, -0.05) is 41.9 Å². The standard InChI is InChI=1S/C24H30ClN3O3S/c25-21-10-6-8-19(16-21)23(27-13-4-5-14-27)17-26-24(29)20-9-7-15-28(18-20)32(30,31)22-11-2-1-3-12-22/h1-3,6,8,10-12,16,20,23H,4-5,7,9,13-15,17-18H2,(H,26,29). The zero-order chi connectivity index (χ0) is 22.6. The van der Waals surface area contributed by atoms with Gasteiger partial charge in [-0.25, -0.2) is 8.42 Å². The predicted molar refractivity (Wildman–Crippen MR) is 126 cm³/mol. The van der Waals surface area contributed by atoms with Gasteiger partial charge in [0, 0.05) is 24.7 Å². The quantitative estimate of drug-likeness (QED) is 0.663. The Morgan fingerprint density at radius 3 is 2.50 bits per heavy atom. The summed E-state index contributed by atoms with van der Waals surface area (Å²) in [6.45, 7) is 3.15. The maximum atomic E-state index is 13.0. The smallest absolute Gasteiger partial charge is 0.243 e. The highest BCUT2D eigenvalue weighted by Crippen LogP contribution is 2.27. The van der Waals surface area contributed by atoms with Crippen LogP contribution in [0.2, 0.25) is 5.02 Å². The molecule has 2 fully saturated rings. The van der Waals surface area contributed by atoms with Crippen molar-refractivity contribution in [3.8, 4) is 0 Å². The first kappa shape index (κ1) is 23.2. The van der Waals surface area contributed by atoms with Crippen molar-refractivity contribution in [2.45, 2.75) is 36.6 Å². The summed E-state index contributed by atoms with van der Waals surface area (Å²) >= 11 is 6.22. The monoisotopic (exact) mass is 475 g/mol. The summed E-state index contributed by atoms with van der Waals surface area (Å²) < 4.78 is 27.4. The van der Waals surface area contributed by atoms with E-state index in [4.69, 9.17) is 11.6 Å². The molecule has 0 saturated carbocycles. The summed E-state index contributed by atoms with van der Waals surface area (Å²) in [4.78, 5) is 15.7. The van der Waals surface area contributed by atoms with Crippen LogP contribution in [0.1, 0.15) is 37.3 Å². The second-order valence-electron chi connectivity index (χ2n) is 8.57. The average molecular weight is 476 g/mol. The Kier molecular flexibility index (Phi) is 7.51. The molecule has 172 valence electrons. The van der Waals surface area contributed by atoms with Gasteiger partial charge < -0.3 is 5.32 Å². The molecule has 0 bridgehead atoms. The second-order valence-corrected chi connectivity index (χ2v) is 10.9. The third-order valence-electron chi connectivity index (χ3n) is 6.42. The maximum absolute atomic E-state index is 13.0. The Balaban J connectivity index is 1.42. The van der Waals surface area contributed by atoms with Crippen LogP contribution >= 0.6 is 11.6 Å². The highest BCUT2D eigenvalue weighted by atomic mass is 35.5. The Morgan fingerprint density at radius 1 is 1.03 bits per heavy atom. The van der Waals surface area contributed by atoms with Gasteiger partial charge >= 0.3 is 0 Å². The van der Waals surface area contributed by atoms with E-state index in [0.717, 1.165) is 31.5 Å². The molecule has 32 heavy (non-hydrogen) atoms. The highest BCUT2D eigenvalue weighted by Gasteiger charge is 2.34. The van der Waals surface area contributed by atoms with E-state index in [1.807, 2.05) is 18.2 Å². The Hall–Kier alpha value is -1.93. The van der Waals surface area contributed by atoms with Crippen molar-refractivity contribution >= 4 is 27.5 Å². The molecule has 2 unspecified atom stereocenters. The zero-order valence-electron chi connectivity index (χ0n) is 18.1. The molecular weight excluding hydrogens is 446 g/mol. The number of rotatable bonds is 7. The third-order valence-corrected chi connectivity index (χ3v) is 8.53. The average Bonchev–Trinajstić information content (AvgIpc) is 3.34. The van der Waals surface area contributed by atoms with Crippen LogP contribution in [-0.2, 0) is 14.8 Å². The normalized spacial score (nSPS) is 21.3. The molecule has 8 heteroatoms. The van der Waals surface area contributed by atoms with Crippen LogP contribution in [0.5, 0.6) is 0 Å². The number of carbonyl (C=O) groups excluding carboxylic acids is 1. The molecule has 0 radical (unpaired) electrons. The number of benzene rings is 2. The van der Waals surface area contributed by atoms with E-state index in [2.05, 4.69) is 16.3 Å². The fraction of sp³-hybridized carbons (Fsp3) is 0.458. The number of carbonyl (C=O) groups is 1. The van der Waals surface area contributed by atoms with Crippen molar-refractivity contribution < 1.29 is 13.2 Å². The van der Waals surface area contributed by atoms with Crippen molar-refractivity contribution in [2.75, 3.05) is 32.7 Å². The van der Waals surface area contributed by atoms with Gasteiger partial charge in [0.25, 0.3) is 0 Å². The first-order valence-corrected chi connectivity index (χ1v) is 13.1. The molecule has 1 N–H and O–H groups in total. The first-order valence-electron chi connectivity index (χ1n) is 11.3. The lowest BCUT2D eigenvalue weighted by molar-refractivity contribution is -0.126. The Bertz CT molecular complexity index is 1030. The summed E-state index contributed by atoms with van der Waals surface area (Å²) in [6, 6.07) is 16.3. The number of sulfonamides is 1. The molecule has 2 aromatic carbocycles. The second kappa shape index (κ2) is 10.3. The fourth-order valence-electron chi connectivity index (χ4n) is 4.68. The Labute approximate surface area is 195 Å². The van der Waals surface area contributed by atoms with Crippen LogP contribution in [0.25, 0.3) is 0 Å². The molecule has 0 aliphatic carbocycles. The SMILES string of the molecule is O=C(NCC(c1cccc(Cl)c1)N1CCCC1)C1CCCN(S(=O)(=O)c2ccccc2)C1. The van der Waals surface area contributed by atoms with Crippen LogP contribution in [0, 0.1) is 5.92 Å². The van der Waals surface area contributed by atoms with Crippen LogP contribution in [0.3, 0.4) is 0 Å². The molecule has 6 nitrogen and oxygen atoms in total. The van der Waals surface area contributed by atoms with Gasteiger partial charge in [-0.3, -0.25) is 9.69 Å². The number of amides is 1. The number of halogens is 1. The summed E-state index contributed by atoms with van der Waals surface area (Å²) in [5.41, 5.74) is 1.09. The first-order chi connectivity index (χ1) is 15.4. The summed E-state index contributed by atoms with van der Waals surface area (Å²) in [5.74, 6) is -0.426. The van der Waals surface area contributed by atoms with Crippen LogP contribution in [-0.4, -0.2) is 56.3 Å². The lowest BCUT2D eigenvalue weighted by atomic mass is 9.98. The summed E-state index contributed by atoms with van der Waals surface area (Å²) in [6.07, 6.45) is 3.67. The van der Waals surface area contributed by atoms with Crippen LogP contribution < -0.4 is 5.32 Å². The topological polar surface area (TPSA) is 69.7 Å². The zero-order valence-corrected chi connectivity index (χ0v) is 19.7. The van der Waals surface area contributed by atoms with Crippen molar-refractivity contribution in [2.24, 2.45) is 5.92 Å². The number of piperidine rings is 1. The lowest BCUT2D eigenvalue weighted by Crippen LogP contribution is -2.46. The van der Waals surface area contributed by atoms with Gasteiger partial charge in [0.15, 0.2) is 0 Å². The summed E-state index contributed by atoms with van der Waals surface area (Å²) in [7, 11) is -3.59. The molecule has 4 rings (SSSR count). The van der Waals surface area contributed by atoms with E-state index >= 15 is 0 Å². The van der Waals surface area contributed by atoms with E-state index in [9.17, 15) is 13.2 Å². The number of hydrogen-bond donors (Lipinski definition) is 1. The fourth-order valence-corrected chi connectivity index (χ4v) is 6.43. The van der Waals surface area contributed by atoms with Gasteiger partial charge in [-0.2, -0.15) is 4.31 Å². The third kappa shape index (κ3) is 5.34. The Morgan fingerprint density at radius 2 is 1.78 bits per heavy atom. The minimum atomic E-state index is -3.59. The van der Waals surface area contributed by atoms with E-state index in [-0.39, 0.29) is 29.3 Å². The van der Waals surface area contributed by atoms with E-state index in [0.29, 0.717) is 31.0 Å². The molecular formula is C24H30ClN3O3S. The van der Waals surface area contributed by atoms with Gasteiger partial charge in [0.1, 0.15) is 0 Å². The summed E-state index contributed by atoms with van der Waals surface area (Å²) in [5, 5.41) is 3.80. The lowest BCUT2D eigenvalue weighted by Gasteiger charge is -2.32. The molecule has 0 aromatic heterocycles. The van der Waals surface area contributed by atoms with E-state index in [1.54, 1.807) is 30.3 Å². The molecule has 2 aliphatic rings. The highest BCUT2D eigenvalue weighted by molar-refractivity contribution is 7.89. The van der Waals surface area contributed by atoms with E-state index < -0.39 is 10.0 Å². The van der Waals surface area contributed by atoms with Crippen molar-refractivity contribution in [3.63, 3.8) is 0 Å². The van der Waals surface area contributed by atoms with E-state index in [1.165, 1.54) is 4.31 Å². The largest absolute Gasteiger partial charge is 0.354 e. The molecule has 2 aromatic rings. The minimum Gasteiger partial charge on any atom is -0.354 e. The molecule has 0 spiro atoms. The maximum Gasteiger partial charge on any atom is 0.243 e. The van der Waals surface area contributed by atoms with Gasteiger partial charge in [0.05, 0.1) is 16.9 Å². The number of hydrogen-bond acceptors (Lipinski definition) is 4. The van der Waals surface area contributed by atoms with Crippen LogP contribution in [0.4, 0.5) is 0 Å². The van der Waals surface area contributed by atoms with Gasteiger partial charge in [-0.15, -0.1) is 0 Å². The predicted octanol–water partition coefficient (Wildman–Crippen LogP) is 3.69. The molecule has 2 atom stereocenters. The minimum absolute atomic E-state index is 0.0629. The van der Waals surface area contributed by atoms with Crippen molar-refractivity contribution in [3.05, 3.63) is 65.2 Å². The number of nitrogens with one attached hydrogen (secondary N) is 1.